The van der Waals surface area contributed by atoms with E-state index in [4.69, 9.17) is 0 Å². The molecule has 1 aliphatic carbocycles. The van der Waals surface area contributed by atoms with E-state index in [2.05, 4.69) is 15.6 Å². The van der Waals surface area contributed by atoms with Crippen molar-refractivity contribution in [1.82, 2.24) is 20.5 Å². The number of likely N-dealkylation sites (N-methyl/N-ethyl adjacent to an activating group) is 1. The average Bonchev–Trinajstić information content (AvgIpc) is 3.63. The number of halogens is 4. The number of alkyl halides is 3. The number of rotatable bonds is 10. The predicted molar refractivity (Wildman–Crippen MR) is 128 cm³/mol. The highest BCUT2D eigenvalue weighted by Crippen LogP contribution is 2.66. The summed E-state index contributed by atoms with van der Waals surface area (Å²) in [4.78, 5) is 30.3. The van der Waals surface area contributed by atoms with Gasteiger partial charge >= 0.3 is 6.18 Å². The van der Waals surface area contributed by atoms with Crippen LogP contribution in [0.1, 0.15) is 52.2 Å². The monoisotopic (exact) mass is 508 g/mol. The van der Waals surface area contributed by atoms with E-state index in [0.717, 1.165) is 17.3 Å². The zero-order chi connectivity index (χ0) is 26.7. The Morgan fingerprint density at radius 1 is 1.19 bits per heavy atom. The number of nitrogens with one attached hydrogen (secondary N) is 2. The molecule has 36 heavy (non-hydrogen) atoms. The molecule has 1 aromatic carbocycles. The number of carbonyl (C=O) groups excluding carboxylic acids is 2. The van der Waals surface area contributed by atoms with Gasteiger partial charge in [0, 0.05) is 43.7 Å². The van der Waals surface area contributed by atoms with Gasteiger partial charge in [0.1, 0.15) is 5.82 Å². The van der Waals surface area contributed by atoms with E-state index in [1.54, 1.807) is 19.2 Å². The lowest BCUT2D eigenvalue weighted by molar-refractivity contribution is -0.195. The molecule has 2 atom stereocenters. The lowest BCUT2D eigenvalue weighted by Gasteiger charge is -2.30. The Bertz CT molecular complexity index is 1100. The van der Waals surface area contributed by atoms with Gasteiger partial charge in [-0.3, -0.25) is 14.6 Å². The van der Waals surface area contributed by atoms with Gasteiger partial charge in [0.15, 0.2) is 0 Å². The molecule has 2 amide bonds. The second-order valence-corrected chi connectivity index (χ2v) is 9.65. The van der Waals surface area contributed by atoms with E-state index in [9.17, 15) is 27.2 Å². The quantitative estimate of drug-likeness (QED) is 0.476. The summed E-state index contributed by atoms with van der Waals surface area (Å²) in [6.45, 7) is 2.10. The number of aromatic nitrogens is 1. The van der Waals surface area contributed by atoms with Crippen LogP contribution < -0.4 is 10.6 Å². The van der Waals surface area contributed by atoms with E-state index in [1.807, 2.05) is 32.0 Å². The first-order chi connectivity index (χ1) is 16.9. The Hall–Kier alpha value is -3.01. The first kappa shape index (κ1) is 27.6. The summed E-state index contributed by atoms with van der Waals surface area (Å²) in [5, 5.41) is 5.35. The standard InChI is InChI=1S/C26H32F4N4O2/c1-16-11-18(24(36)31-2)6-5-17(16)12-19(34(3)4)14-33-23(35)13-21(20-7-10-32-15-22(20)27)25(8-9-25)26(28,29)30/h5-7,10-11,15,19,21H,8-9,12-14H2,1-4H3,(H,31,36)(H,33,35)/t19-,21-/m0/s1. The van der Waals surface area contributed by atoms with Gasteiger partial charge in [-0.25, -0.2) is 4.39 Å². The maximum atomic E-state index is 14.4. The number of carbonyl (C=O) groups is 2. The molecule has 1 aliphatic rings. The second kappa shape index (κ2) is 10.9. The van der Waals surface area contributed by atoms with Crippen molar-refractivity contribution in [3.05, 3.63) is 64.7 Å². The molecule has 1 fully saturated rings. The van der Waals surface area contributed by atoms with Crippen molar-refractivity contribution in [2.24, 2.45) is 5.41 Å². The molecule has 0 spiro atoms. The summed E-state index contributed by atoms with van der Waals surface area (Å²) in [6, 6.07) is 6.46. The molecule has 6 nitrogen and oxygen atoms in total. The average molecular weight is 509 g/mol. The van der Waals surface area contributed by atoms with Gasteiger partial charge in [-0.2, -0.15) is 13.2 Å². The predicted octanol–water partition coefficient (Wildman–Crippen LogP) is 3.99. The molecule has 1 aromatic heterocycles. The van der Waals surface area contributed by atoms with Crippen molar-refractivity contribution in [3.8, 4) is 0 Å². The summed E-state index contributed by atoms with van der Waals surface area (Å²) < 4.78 is 56.2. The number of amides is 2. The molecule has 0 bridgehead atoms. The minimum absolute atomic E-state index is 0.133. The SMILES string of the molecule is CNC(=O)c1ccc(C[C@@H](CNC(=O)C[C@@H](c2ccncc2F)C2(C(F)(F)F)CC2)N(C)C)c(C)c1. The van der Waals surface area contributed by atoms with Gasteiger partial charge in [0.25, 0.3) is 5.91 Å². The highest BCUT2D eigenvalue weighted by atomic mass is 19.4. The van der Waals surface area contributed by atoms with E-state index < -0.39 is 35.7 Å². The van der Waals surface area contributed by atoms with Gasteiger partial charge in [-0.1, -0.05) is 6.07 Å². The maximum absolute atomic E-state index is 14.4. The first-order valence-electron chi connectivity index (χ1n) is 11.8. The number of aryl methyl sites for hydroxylation is 1. The van der Waals surface area contributed by atoms with Gasteiger partial charge in [-0.15, -0.1) is 0 Å². The number of benzene rings is 1. The van der Waals surface area contributed by atoms with Crippen LogP contribution in [0.2, 0.25) is 0 Å². The number of hydrogen-bond acceptors (Lipinski definition) is 4. The molecule has 0 radical (unpaired) electrons. The van der Waals surface area contributed by atoms with Crippen LogP contribution in [0.5, 0.6) is 0 Å². The molecule has 0 unspecified atom stereocenters. The zero-order valence-corrected chi connectivity index (χ0v) is 20.9. The van der Waals surface area contributed by atoms with E-state index in [0.29, 0.717) is 12.0 Å². The molecule has 1 saturated carbocycles. The van der Waals surface area contributed by atoms with Crippen molar-refractivity contribution < 1.29 is 27.2 Å². The normalized spacial score (nSPS) is 16.4. The lowest BCUT2D eigenvalue weighted by Crippen LogP contribution is -2.43. The van der Waals surface area contributed by atoms with E-state index in [-0.39, 0.29) is 36.9 Å². The van der Waals surface area contributed by atoms with Crippen LogP contribution in [-0.4, -0.2) is 61.6 Å². The minimum Gasteiger partial charge on any atom is -0.355 e. The molecule has 196 valence electrons. The molecular formula is C26H32F4N4O2. The van der Waals surface area contributed by atoms with Gasteiger partial charge < -0.3 is 15.5 Å². The Morgan fingerprint density at radius 2 is 1.89 bits per heavy atom. The largest absolute Gasteiger partial charge is 0.395 e. The van der Waals surface area contributed by atoms with Gasteiger partial charge in [0.2, 0.25) is 5.91 Å². The fourth-order valence-corrected chi connectivity index (χ4v) is 4.63. The van der Waals surface area contributed by atoms with Crippen molar-refractivity contribution >= 4 is 11.8 Å². The highest BCUT2D eigenvalue weighted by molar-refractivity contribution is 5.94. The summed E-state index contributed by atoms with van der Waals surface area (Å²) in [5.41, 5.74) is 0.217. The number of nitrogens with zero attached hydrogens (tertiary/aromatic N) is 2. The summed E-state index contributed by atoms with van der Waals surface area (Å²) in [5.74, 6) is -2.91. The molecule has 3 rings (SSSR count). The fourth-order valence-electron chi connectivity index (χ4n) is 4.63. The lowest BCUT2D eigenvalue weighted by atomic mass is 9.80. The first-order valence-corrected chi connectivity index (χ1v) is 11.8. The minimum atomic E-state index is -4.54. The van der Waals surface area contributed by atoms with E-state index >= 15 is 0 Å². The van der Waals surface area contributed by atoms with Crippen LogP contribution >= 0.6 is 0 Å². The van der Waals surface area contributed by atoms with Crippen molar-refractivity contribution in [2.45, 2.75) is 50.7 Å². The van der Waals surface area contributed by atoms with Gasteiger partial charge in [0.05, 0.1) is 11.6 Å². The highest BCUT2D eigenvalue weighted by Gasteiger charge is 2.67. The molecule has 2 aromatic rings. The van der Waals surface area contributed by atoms with Gasteiger partial charge in [-0.05, 0) is 75.2 Å². The van der Waals surface area contributed by atoms with Crippen molar-refractivity contribution in [2.75, 3.05) is 27.7 Å². The molecule has 2 N–H and O–H groups in total. The number of hydrogen-bond donors (Lipinski definition) is 2. The maximum Gasteiger partial charge on any atom is 0.395 e. The summed E-state index contributed by atoms with van der Waals surface area (Å²) in [6.07, 6.45) is -2.60. The molecular weight excluding hydrogens is 476 g/mol. The number of pyridine rings is 1. The van der Waals surface area contributed by atoms with Crippen LogP contribution in [0.15, 0.2) is 36.7 Å². The summed E-state index contributed by atoms with van der Waals surface area (Å²) in [7, 11) is 5.26. The fraction of sp³-hybridized carbons (Fsp3) is 0.500. The smallest absolute Gasteiger partial charge is 0.355 e. The van der Waals surface area contributed by atoms with Crippen LogP contribution in [0.25, 0.3) is 0 Å². The Balaban J connectivity index is 1.72. The molecule has 0 aliphatic heterocycles. The third-order valence-corrected chi connectivity index (χ3v) is 7.14. The molecule has 0 saturated heterocycles. The Labute approximate surface area is 208 Å². The van der Waals surface area contributed by atoms with Crippen molar-refractivity contribution in [3.63, 3.8) is 0 Å². The van der Waals surface area contributed by atoms with Crippen LogP contribution in [0, 0.1) is 18.2 Å². The van der Waals surface area contributed by atoms with Crippen molar-refractivity contribution in [1.29, 1.82) is 0 Å². The zero-order valence-electron chi connectivity index (χ0n) is 20.9. The topological polar surface area (TPSA) is 74.3 Å². The third kappa shape index (κ3) is 6.03. The van der Waals surface area contributed by atoms with Crippen LogP contribution in [0.4, 0.5) is 17.6 Å². The van der Waals surface area contributed by atoms with E-state index in [1.165, 1.54) is 12.3 Å². The third-order valence-electron chi connectivity index (χ3n) is 7.14. The second-order valence-electron chi connectivity index (χ2n) is 9.65. The molecule has 10 heteroatoms. The summed E-state index contributed by atoms with van der Waals surface area (Å²) >= 11 is 0. The van der Waals surface area contributed by atoms with Crippen LogP contribution in [-0.2, 0) is 11.2 Å². The Morgan fingerprint density at radius 3 is 2.42 bits per heavy atom. The Kier molecular flexibility index (Phi) is 8.38. The molecule has 1 heterocycles. The van der Waals surface area contributed by atoms with Crippen LogP contribution in [0.3, 0.4) is 0 Å².